The number of nitrogens with one attached hydrogen (secondary N) is 1. The third-order valence-corrected chi connectivity index (χ3v) is 1.98. The summed E-state index contributed by atoms with van der Waals surface area (Å²) in [6, 6.07) is 7.56. The first kappa shape index (κ1) is 12.0. The molecular weight excluding hydrogens is 206 g/mol. The van der Waals surface area contributed by atoms with Crippen LogP contribution < -0.4 is 5.32 Å². The maximum Gasteiger partial charge on any atom is 0.330 e. The van der Waals surface area contributed by atoms with Crippen molar-refractivity contribution in [2.75, 3.05) is 0 Å². The number of amides is 1. The fourth-order valence-corrected chi connectivity index (χ4v) is 1.27. The Hall–Kier alpha value is -2.10. The third-order valence-electron chi connectivity index (χ3n) is 1.98. The number of benzene rings is 1. The normalized spacial score (nSPS) is 12.3. The zero-order chi connectivity index (χ0) is 12.0. The van der Waals surface area contributed by atoms with E-state index in [9.17, 15) is 9.59 Å². The molecule has 0 aliphatic rings. The molecule has 4 heteroatoms. The zero-order valence-corrected chi connectivity index (χ0v) is 8.88. The Morgan fingerprint density at radius 3 is 2.44 bits per heavy atom. The lowest BCUT2D eigenvalue weighted by atomic mass is 10.1. The molecule has 0 aromatic heterocycles. The third kappa shape index (κ3) is 3.24. The first-order chi connectivity index (χ1) is 7.65. The Kier molecular flexibility index (Phi) is 4.27. The Balaban J connectivity index is 2.85. The number of carboxylic acids is 1. The Labute approximate surface area is 93.6 Å². The van der Waals surface area contributed by atoms with Crippen LogP contribution in [0.25, 0.3) is 0 Å². The molecule has 0 bridgehead atoms. The van der Waals surface area contributed by atoms with Crippen molar-refractivity contribution in [3.63, 3.8) is 0 Å². The van der Waals surface area contributed by atoms with Gasteiger partial charge in [0.15, 0.2) is 6.04 Å². The average molecular weight is 219 g/mol. The molecule has 1 aromatic carbocycles. The Morgan fingerprint density at radius 1 is 1.31 bits per heavy atom. The molecule has 1 amide bonds. The molecule has 84 valence electrons. The summed E-state index contributed by atoms with van der Waals surface area (Å²) in [6.45, 7) is 1.69. The van der Waals surface area contributed by atoms with Crippen molar-refractivity contribution >= 4 is 11.9 Å². The second kappa shape index (κ2) is 5.70. The van der Waals surface area contributed by atoms with Crippen LogP contribution in [-0.2, 0) is 9.59 Å². The first-order valence-corrected chi connectivity index (χ1v) is 4.86. The molecule has 0 radical (unpaired) electrons. The topological polar surface area (TPSA) is 66.4 Å². The number of carbonyl (C=O) groups excluding carboxylic acids is 1. The zero-order valence-electron chi connectivity index (χ0n) is 8.88. The van der Waals surface area contributed by atoms with E-state index in [0.717, 1.165) is 0 Å². The van der Waals surface area contributed by atoms with Gasteiger partial charge in [-0.3, -0.25) is 4.79 Å². The lowest BCUT2D eigenvalue weighted by molar-refractivity contribution is -0.141. The number of aliphatic carboxylic acids is 1. The van der Waals surface area contributed by atoms with E-state index in [1.807, 2.05) is 0 Å². The van der Waals surface area contributed by atoms with Crippen molar-refractivity contribution < 1.29 is 14.7 Å². The fraction of sp³-hybridized carbons (Fsp3) is 0.167. The largest absolute Gasteiger partial charge is 0.479 e. The molecule has 0 unspecified atom stereocenters. The van der Waals surface area contributed by atoms with E-state index in [1.165, 1.54) is 6.08 Å². The van der Waals surface area contributed by atoms with Gasteiger partial charge in [0.1, 0.15) is 0 Å². The number of hydrogen-bond donors (Lipinski definition) is 2. The quantitative estimate of drug-likeness (QED) is 0.754. The van der Waals surface area contributed by atoms with Crippen LogP contribution in [0.2, 0.25) is 0 Å². The predicted octanol–water partition coefficient (Wildman–Crippen LogP) is 1.50. The summed E-state index contributed by atoms with van der Waals surface area (Å²) in [6.07, 6.45) is 2.85. The number of hydrogen-bond acceptors (Lipinski definition) is 2. The molecule has 1 aromatic rings. The van der Waals surface area contributed by atoms with Crippen LogP contribution in [0.4, 0.5) is 0 Å². The molecule has 1 rings (SSSR count). The molecule has 2 N–H and O–H groups in total. The van der Waals surface area contributed by atoms with Crippen LogP contribution in [0.15, 0.2) is 42.5 Å². The highest BCUT2D eigenvalue weighted by Crippen LogP contribution is 2.12. The summed E-state index contributed by atoms with van der Waals surface area (Å²) in [4.78, 5) is 22.3. The number of carboxylic acid groups (broad SMARTS) is 1. The van der Waals surface area contributed by atoms with E-state index in [2.05, 4.69) is 5.32 Å². The van der Waals surface area contributed by atoms with Crippen molar-refractivity contribution in [3.8, 4) is 0 Å². The van der Waals surface area contributed by atoms with Crippen LogP contribution in [-0.4, -0.2) is 17.0 Å². The molecule has 0 heterocycles. The standard InChI is InChI=1S/C12H13NO3/c1-2-6-10(14)13-11(12(15)16)9-7-4-3-5-8-9/h2-8,11H,1H3,(H,13,14)(H,15,16)/b6-2+/t11-/m0/s1. The van der Waals surface area contributed by atoms with E-state index in [4.69, 9.17) is 5.11 Å². The van der Waals surface area contributed by atoms with Crippen molar-refractivity contribution in [1.29, 1.82) is 0 Å². The van der Waals surface area contributed by atoms with Crippen LogP contribution in [0.1, 0.15) is 18.5 Å². The van der Waals surface area contributed by atoms with Crippen molar-refractivity contribution in [3.05, 3.63) is 48.0 Å². The second-order valence-corrected chi connectivity index (χ2v) is 3.19. The minimum absolute atomic E-state index is 0.418. The minimum atomic E-state index is -1.08. The number of allylic oxidation sites excluding steroid dienone is 1. The molecule has 16 heavy (non-hydrogen) atoms. The van der Waals surface area contributed by atoms with Crippen molar-refractivity contribution in [1.82, 2.24) is 5.32 Å². The highest BCUT2D eigenvalue weighted by atomic mass is 16.4. The van der Waals surface area contributed by atoms with Gasteiger partial charge < -0.3 is 10.4 Å². The van der Waals surface area contributed by atoms with E-state index < -0.39 is 17.9 Å². The van der Waals surface area contributed by atoms with Crippen LogP contribution in [0, 0.1) is 0 Å². The smallest absolute Gasteiger partial charge is 0.330 e. The van der Waals surface area contributed by atoms with Gasteiger partial charge in [0.25, 0.3) is 0 Å². The average Bonchev–Trinajstić information content (AvgIpc) is 2.27. The summed E-state index contributed by atoms with van der Waals surface area (Å²) >= 11 is 0. The van der Waals surface area contributed by atoms with E-state index in [-0.39, 0.29) is 0 Å². The van der Waals surface area contributed by atoms with Gasteiger partial charge in [-0.1, -0.05) is 36.4 Å². The number of rotatable bonds is 4. The molecule has 0 aliphatic heterocycles. The maximum atomic E-state index is 11.3. The fourth-order valence-electron chi connectivity index (χ4n) is 1.27. The van der Waals surface area contributed by atoms with Gasteiger partial charge >= 0.3 is 5.97 Å². The molecule has 0 aliphatic carbocycles. The molecule has 0 saturated heterocycles. The lowest BCUT2D eigenvalue weighted by Gasteiger charge is -2.13. The first-order valence-electron chi connectivity index (χ1n) is 4.86. The second-order valence-electron chi connectivity index (χ2n) is 3.19. The predicted molar refractivity (Wildman–Crippen MR) is 59.8 cm³/mol. The lowest BCUT2D eigenvalue weighted by Crippen LogP contribution is -2.32. The van der Waals surface area contributed by atoms with Crippen molar-refractivity contribution in [2.24, 2.45) is 0 Å². The molecule has 4 nitrogen and oxygen atoms in total. The molecular formula is C12H13NO3. The summed E-state index contributed by atoms with van der Waals surface area (Å²) < 4.78 is 0. The van der Waals surface area contributed by atoms with E-state index >= 15 is 0 Å². The van der Waals surface area contributed by atoms with Crippen LogP contribution in [0.5, 0.6) is 0 Å². The van der Waals surface area contributed by atoms with Gasteiger partial charge in [0, 0.05) is 0 Å². The maximum absolute atomic E-state index is 11.3. The number of carbonyl (C=O) groups is 2. The molecule has 1 atom stereocenters. The monoisotopic (exact) mass is 219 g/mol. The molecule has 0 spiro atoms. The SMILES string of the molecule is C/C=C/C(=O)N[C@H](C(=O)O)c1ccccc1. The summed E-state index contributed by atoms with van der Waals surface area (Å²) in [7, 11) is 0. The minimum Gasteiger partial charge on any atom is -0.479 e. The Morgan fingerprint density at radius 2 is 1.94 bits per heavy atom. The van der Waals surface area contributed by atoms with E-state index in [0.29, 0.717) is 5.56 Å². The van der Waals surface area contributed by atoms with Gasteiger partial charge in [-0.25, -0.2) is 4.79 Å². The van der Waals surface area contributed by atoms with Gasteiger partial charge in [-0.05, 0) is 18.6 Å². The highest BCUT2D eigenvalue weighted by Gasteiger charge is 2.20. The van der Waals surface area contributed by atoms with Crippen LogP contribution >= 0.6 is 0 Å². The molecule has 0 saturated carbocycles. The van der Waals surface area contributed by atoms with Gasteiger partial charge in [-0.15, -0.1) is 0 Å². The molecule has 0 fully saturated rings. The van der Waals surface area contributed by atoms with Gasteiger partial charge in [-0.2, -0.15) is 0 Å². The van der Waals surface area contributed by atoms with E-state index in [1.54, 1.807) is 43.3 Å². The highest BCUT2D eigenvalue weighted by molar-refractivity contribution is 5.91. The summed E-state index contributed by atoms with van der Waals surface area (Å²) in [5.74, 6) is -1.50. The Bertz CT molecular complexity index is 398. The summed E-state index contributed by atoms with van der Waals surface area (Å²) in [5.41, 5.74) is 0.549. The van der Waals surface area contributed by atoms with Crippen LogP contribution in [0.3, 0.4) is 0 Å². The van der Waals surface area contributed by atoms with Gasteiger partial charge in [0.2, 0.25) is 5.91 Å². The summed E-state index contributed by atoms with van der Waals surface area (Å²) in [5, 5.41) is 11.4. The van der Waals surface area contributed by atoms with Gasteiger partial charge in [0.05, 0.1) is 0 Å². The van der Waals surface area contributed by atoms with Crippen molar-refractivity contribution in [2.45, 2.75) is 13.0 Å².